The number of imidazole rings is 1. The van der Waals surface area contributed by atoms with Crippen LogP contribution in [-0.2, 0) is 29.0 Å². The van der Waals surface area contributed by atoms with Crippen LogP contribution in [0.5, 0.6) is 11.5 Å². The first-order valence-electron chi connectivity index (χ1n) is 10.5. The van der Waals surface area contributed by atoms with E-state index in [-0.39, 0.29) is 23.1 Å². The molecule has 4 rings (SSSR count). The number of alkyl halides is 3. The molecule has 2 heterocycles. The van der Waals surface area contributed by atoms with Gasteiger partial charge in [0.25, 0.3) is 5.91 Å². The molecule has 3 aromatic rings. The summed E-state index contributed by atoms with van der Waals surface area (Å²) in [4.78, 5) is 21.1. The fraction of sp³-hybridized carbons (Fsp3) is 0.304. The number of halogens is 3. The molecule has 0 atom stereocenters. The highest BCUT2D eigenvalue weighted by atomic mass is 32.2. The van der Waals surface area contributed by atoms with Crippen LogP contribution >= 0.6 is 0 Å². The predicted octanol–water partition coefficient (Wildman–Crippen LogP) is 4.60. The lowest BCUT2D eigenvalue weighted by Crippen LogP contribution is -2.36. The van der Waals surface area contributed by atoms with Crippen LogP contribution in [0.25, 0.3) is 0 Å². The molecule has 34 heavy (non-hydrogen) atoms. The van der Waals surface area contributed by atoms with Crippen molar-refractivity contribution in [2.24, 2.45) is 0 Å². The Balaban J connectivity index is 1.50. The molecule has 2 aromatic carbocycles. The molecule has 0 bridgehead atoms. The number of rotatable bonds is 5. The van der Waals surface area contributed by atoms with Crippen molar-refractivity contribution in [1.82, 2.24) is 14.9 Å². The van der Waals surface area contributed by atoms with Crippen LogP contribution in [0.2, 0.25) is 0 Å². The minimum Gasteiger partial charge on any atom is -0.457 e. The number of hydrogen-bond acceptors (Lipinski definition) is 5. The Hall–Kier alpha value is -3.34. The number of carbonyl (C=O) groups is 1. The Morgan fingerprint density at radius 2 is 1.85 bits per heavy atom. The van der Waals surface area contributed by atoms with Gasteiger partial charge in [-0.15, -0.1) is 0 Å². The van der Waals surface area contributed by atoms with E-state index in [1.54, 1.807) is 17.0 Å². The summed E-state index contributed by atoms with van der Waals surface area (Å²) in [7, 11) is -3.63. The van der Waals surface area contributed by atoms with Crippen molar-refractivity contribution in [3.63, 3.8) is 0 Å². The number of sulfone groups is 1. The molecular formula is C23H22F3N3O4S. The van der Waals surface area contributed by atoms with Crippen LogP contribution in [0, 0.1) is 0 Å². The maximum Gasteiger partial charge on any atom is 0.416 e. The number of nitrogens with one attached hydrogen (secondary N) is 1. The van der Waals surface area contributed by atoms with Crippen LogP contribution in [0.4, 0.5) is 13.2 Å². The van der Waals surface area contributed by atoms with E-state index in [0.717, 1.165) is 23.3 Å². The molecule has 0 saturated heterocycles. The van der Waals surface area contributed by atoms with Gasteiger partial charge in [0.1, 0.15) is 17.2 Å². The topological polar surface area (TPSA) is 92.4 Å². The van der Waals surface area contributed by atoms with Crippen LogP contribution in [0.1, 0.15) is 41.0 Å². The molecule has 0 radical (unpaired) electrons. The fourth-order valence-electron chi connectivity index (χ4n) is 3.63. The minimum absolute atomic E-state index is 0.0137. The predicted molar refractivity (Wildman–Crippen MR) is 117 cm³/mol. The van der Waals surface area contributed by atoms with E-state index >= 15 is 0 Å². The Morgan fingerprint density at radius 1 is 1.15 bits per heavy atom. The van der Waals surface area contributed by atoms with Gasteiger partial charge < -0.3 is 14.6 Å². The van der Waals surface area contributed by atoms with Crippen molar-refractivity contribution in [2.75, 3.05) is 6.54 Å². The normalized spacial score (nSPS) is 14.2. The first kappa shape index (κ1) is 23.8. The number of amides is 1. The monoisotopic (exact) mass is 493 g/mol. The van der Waals surface area contributed by atoms with E-state index in [2.05, 4.69) is 9.97 Å². The van der Waals surface area contributed by atoms with E-state index in [1.807, 2.05) is 6.07 Å². The van der Waals surface area contributed by atoms with Crippen LogP contribution in [-0.4, -0.2) is 41.0 Å². The molecule has 0 saturated carbocycles. The minimum atomic E-state index is -4.42. The molecule has 0 fully saturated rings. The highest BCUT2D eigenvalue weighted by molar-refractivity contribution is 7.91. The van der Waals surface area contributed by atoms with Gasteiger partial charge in [-0.2, -0.15) is 13.2 Å². The lowest BCUT2D eigenvalue weighted by Gasteiger charge is -2.29. The third-order valence-electron chi connectivity index (χ3n) is 5.58. The summed E-state index contributed by atoms with van der Waals surface area (Å²) in [6.07, 6.45) is -2.68. The van der Waals surface area contributed by atoms with Crippen molar-refractivity contribution in [1.29, 1.82) is 0 Å². The van der Waals surface area contributed by atoms with Gasteiger partial charge in [-0.3, -0.25) is 4.79 Å². The van der Waals surface area contributed by atoms with E-state index in [1.165, 1.54) is 32.2 Å². The number of hydrogen-bond donors (Lipinski definition) is 1. The van der Waals surface area contributed by atoms with Crippen molar-refractivity contribution in [2.45, 2.75) is 43.4 Å². The second kappa shape index (κ2) is 8.79. The van der Waals surface area contributed by atoms with Gasteiger partial charge in [0.2, 0.25) is 15.0 Å². The molecule has 1 aliphatic heterocycles. The zero-order valence-corrected chi connectivity index (χ0v) is 19.2. The number of aromatic amines is 1. The van der Waals surface area contributed by atoms with Crippen LogP contribution in [0.15, 0.2) is 53.8 Å². The van der Waals surface area contributed by atoms with E-state index in [0.29, 0.717) is 18.7 Å². The second-order valence-corrected chi connectivity index (χ2v) is 10.6. The highest BCUT2D eigenvalue weighted by Crippen LogP contribution is 2.34. The number of carbonyl (C=O) groups excluding carboxylic acids is 1. The average Bonchev–Trinajstić information content (AvgIpc) is 3.29. The van der Waals surface area contributed by atoms with Gasteiger partial charge in [0, 0.05) is 24.8 Å². The molecule has 1 aliphatic rings. The summed E-state index contributed by atoms with van der Waals surface area (Å²) in [5, 5.41) is -0.915. The first-order valence-corrected chi connectivity index (χ1v) is 12.1. The van der Waals surface area contributed by atoms with Gasteiger partial charge in [-0.25, -0.2) is 13.4 Å². The Labute approximate surface area is 194 Å². The number of benzene rings is 2. The molecule has 0 spiro atoms. The molecule has 0 unspecified atom stereocenters. The van der Waals surface area contributed by atoms with Crippen molar-refractivity contribution in [3.05, 3.63) is 71.0 Å². The summed E-state index contributed by atoms with van der Waals surface area (Å²) in [6.45, 7) is 3.67. The summed E-state index contributed by atoms with van der Waals surface area (Å²) in [5.41, 5.74) is 0.942. The lowest BCUT2D eigenvalue weighted by atomic mass is 9.98. The molecule has 1 aromatic heterocycles. The third kappa shape index (κ3) is 4.65. The molecular weight excluding hydrogens is 471 g/mol. The SMILES string of the molecule is CC(C)S(=O)(=O)c1nc(C(=O)N2CCc3c(cccc3Oc3ccc(C(F)(F)F)cc3)C2)c[nH]1. The summed E-state index contributed by atoms with van der Waals surface area (Å²) in [5.74, 6) is 0.380. The molecule has 11 heteroatoms. The van der Waals surface area contributed by atoms with Crippen LogP contribution < -0.4 is 4.74 Å². The Kier molecular flexibility index (Phi) is 6.15. The van der Waals surface area contributed by atoms with Crippen molar-refractivity contribution in [3.8, 4) is 11.5 Å². The lowest BCUT2D eigenvalue weighted by molar-refractivity contribution is -0.137. The van der Waals surface area contributed by atoms with E-state index in [9.17, 15) is 26.4 Å². The van der Waals surface area contributed by atoms with Crippen molar-refractivity contribution < 1.29 is 31.1 Å². The van der Waals surface area contributed by atoms with Gasteiger partial charge in [-0.05, 0) is 56.2 Å². The number of ether oxygens (including phenoxy) is 1. The van der Waals surface area contributed by atoms with Gasteiger partial charge >= 0.3 is 6.18 Å². The zero-order valence-electron chi connectivity index (χ0n) is 18.4. The number of fused-ring (bicyclic) bond motifs is 1. The van der Waals surface area contributed by atoms with Crippen molar-refractivity contribution >= 4 is 15.7 Å². The zero-order chi connectivity index (χ0) is 24.7. The number of aromatic nitrogens is 2. The maximum atomic E-state index is 12.9. The van der Waals surface area contributed by atoms with Gasteiger partial charge in [0.05, 0.1) is 10.8 Å². The van der Waals surface area contributed by atoms with Gasteiger partial charge in [-0.1, -0.05) is 12.1 Å². The quantitative estimate of drug-likeness (QED) is 0.561. The summed E-state index contributed by atoms with van der Waals surface area (Å²) >= 11 is 0. The maximum absolute atomic E-state index is 12.9. The average molecular weight is 494 g/mol. The number of nitrogens with zero attached hydrogens (tertiary/aromatic N) is 2. The Morgan fingerprint density at radius 3 is 2.50 bits per heavy atom. The highest BCUT2D eigenvalue weighted by Gasteiger charge is 2.31. The molecule has 180 valence electrons. The summed E-state index contributed by atoms with van der Waals surface area (Å²) in [6, 6.07) is 9.76. The molecule has 1 amide bonds. The molecule has 1 N–H and O–H groups in total. The Bertz CT molecular complexity index is 1320. The molecule has 7 nitrogen and oxygen atoms in total. The number of H-pyrrole nitrogens is 1. The van der Waals surface area contributed by atoms with Crippen LogP contribution in [0.3, 0.4) is 0 Å². The smallest absolute Gasteiger partial charge is 0.416 e. The summed E-state index contributed by atoms with van der Waals surface area (Å²) < 4.78 is 68.7. The third-order valence-corrected chi connectivity index (χ3v) is 7.57. The first-order chi connectivity index (χ1) is 16.0. The second-order valence-electron chi connectivity index (χ2n) is 8.18. The van der Waals surface area contributed by atoms with Gasteiger partial charge in [0.15, 0.2) is 0 Å². The largest absolute Gasteiger partial charge is 0.457 e. The fourth-order valence-corrected chi connectivity index (χ4v) is 4.52. The molecule has 0 aliphatic carbocycles. The van der Waals surface area contributed by atoms with E-state index < -0.39 is 32.7 Å². The van der Waals surface area contributed by atoms with E-state index in [4.69, 9.17) is 4.74 Å². The standard InChI is InChI=1S/C23H22F3N3O4S/c1-14(2)34(31,32)22-27-12-19(28-22)21(30)29-11-10-18-15(13-29)4-3-5-20(18)33-17-8-6-16(7-9-17)23(24,25)26/h3-9,12,14H,10-11,13H2,1-2H3,(H,27,28).